The van der Waals surface area contributed by atoms with E-state index in [-0.39, 0.29) is 17.4 Å². The lowest BCUT2D eigenvalue weighted by Crippen LogP contribution is -2.54. The third-order valence-corrected chi connectivity index (χ3v) is 10.1. The molecule has 4 fully saturated rings. The second-order valence-electron chi connectivity index (χ2n) is 11.6. The van der Waals surface area contributed by atoms with E-state index in [1.165, 1.54) is 19.3 Å². The molecule has 1 aromatic heterocycles. The Morgan fingerprint density at radius 1 is 1.13 bits per heavy atom. The maximum Gasteiger partial charge on any atom is 0.226 e. The summed E-state index contributed by atoms with van der Waals surface area (Å²) in [5.41, 5.74) is 2.93. The Morgan fingerprint density at radius 2 is 1.84 bits per heavy atom. The molecule has 200 valence electrons. The van der Waals surface area contributed by atoms with Crippen molar-refractivity contribution in [1.29, 1.82) is 0 Å². The molecule has 7 rings (SSSR count). The molecule has 8 heteroatoms. The van der Waals surface area contributed by atoms with Crippen molar-refractivity contribution in [2.75, 3.05) is 7.11 Å². The smallest absolute Gasteiger partial charge is 0.226 e. The second-order valence-corrected chi connectivity index (χ2v) is 13.0. The lowest BCUT2D eigenvalue weighted by atomic mass is 9.49. The van der Waals surface area contributed by atoms with Gasteiger partial charge >= 0.3 is 0 Å². The van der Waals surface area contributed by atoms with Crippen LogP contribution in [0.5, 0.6) is 5.75 Å². The Balaban J connectivity index is 1.28. The van der Waals surface area contributed by atoms with Crippen LogP contribution in [0.2, 0.25) is 5.02 Å². The number of aryl methyl sites for hydroxylation is 1. The van der Waals surface area contributed by atoms with Crippen molar-refractivity contribution >= 4 is 29.3 Å². The van der Waals surface area contributed by atoms with Gasteiger partial charge in [0.05, 0.1) is 18.8 Å². The minimum atomic E-state index is -0.285. The third kappa shape index (κ3) is 4.84. The molecule has 2 aromatic carbocycles. The van der Waals surface area contributed by atoms with Crippen LogP contribution < -0.4 is 10.1 Å². The van der Waals surface area contributed by atoms with Gasteiger partial charge in [0.15, 0.2) is 11.0 Å². The number of hydrogen-bond donors (Lipinski definition) is 1. The van der Waals surface area contributed by atoms with Crippen molar-refractivity contribution in [3.05, 3.63) is 64.4 Å². The fourth-order valence-corrected chi connectivity index (χ4v) is 8.48. The highest BCUT2D eigenvalue weighted by Crippen LogP contribution is 2.60. The first kappa shape index (κ1) is 25.8. The van der Waals surface area contributed by atoms with Crippen LogP contribution in [0.15, 0.2) is 47.6 Å². The number of halogens is 1. The van der Waals surface area contributed by atoms with Gasteiger partial charge in [0.25, 0.3) is 0 Å². The van der Waals surface area contributed by atoms with Gasteiger partial charge in [0.2, 0.25) is 5.91 Å². The van der Waals surface area contributed by atoms with Crippen LogP contribution in [0, 0.1) is 30.1 Å². The van der Waals surface area contributed by atoms with Crippen molar-refractivity contribution in [2.24, 2.45) is 23.2 Å². The molecule has 1 N–H and O–H groups in total. The number of amides is 1. The van der Waals surface area contributed by atoms with Crippen LogP contribution in [-0.4, -0.2) is 27.8 Å². The molecule has 4 saturated carbocycles. The van der Waals surface area contributed by atoms with Crippen LogP contribution in [0.3, 0.4) is 0 Å². The summed E-state index contributed by atoms with van der Waals surface area (Å²) in [6, 6.07) is 13.6. The third-order valence-electron chi connectivity index (χ3n) is 8.83. The molecule has 4 aliphatic carbocycles. The first-order valence-corrected chi connectivity index (χ1v) is 15.0. The fraction of sp³-hybridized carbons (Fsp3) is 0.500. The van der Waals surface area contributed by atoms with Gasteiger partial charge in [0, 0.05) is 16.2 Å². The maximum atomic E-state index is 13.8. The van der Waals surface area contributed by atoms with E-state index in [2.05, 4.69) is 33.1 Å². The summed E-state index contributed by atoms with van der Waals surface area (Å²) in [5, 5.41) is 14.0. The van der Waals surface area contributed by atoms with E-state index >= 15 is 0 Å². The largest absolute Gasteiger partial charge is 0.497 e. The molecule has 0 saturated heterocycles. The Morgan fingerprint density at radius 3 is 2.53 bits per heavy atom. The normalized spacial score (nSPS) is 26.4. The number of ether oxygens (including phenoxy) is 1. The number of nitrogens with zero attached hydrogens (tertiary/aromatic N) is 3. The number of hydrogen-bond acceptors (Lipinski definition) is 5. The molecule has 4 bridgehead atoms. The summed E-state index contributed by atoms with van der Waals surface area (Å²) in [5.74, 6) is 4.63. The van der Waals surface area contributed by atoms with Crippen molar-refractivity contribution in [1.82, 2.24) is 20.1 Å². The van der Waals surface area contributed by atoms with E-state index in [4.69, 9.17) is 16.3 Å². The predicted molar refractivity (Wildman–Crippen MR) is 151 cm³/mol. The quantitative estimate of drug-likeness (QED) is 0.308. The van der Waals surface area contributed by atoms with Crippen LogP contribution >= 0.6 is 23.4 Å². The second kappa shape index (κ2) is 10.2. The lowest BCUT2D eigenvalue weighted by Gasteiger charge is -2.55. The van der Waals surface area contributed by atoms with Gasteiger partial charge in [-0.25, -0.2) is 0 Å². The maximum absolute atomic E-state index is 13.8. The van der Waals surface area contributed by atoms with Gasteiger partial charge in [-0.2, -0.15) is 0 Å². The molecule has 0 radical (unpaired) electrons. The number of methoxy groups -OCH3 is 1. The summed E-state index contributed by atoms with van der Waals surface area (Å²) >= 11 is 8.05. The molecular formula is C30H35ClN4O2S. The monoisotopic (exact) mass is 550 g/mol. The van der Waals surface area contributed by atoms with Gasteiger partial charge in [-0.3, -0.25) is 9.36 Å². The van der Waals surface area contributed by atoms with Crippen LogP contribution in [0.25, 0.3) is 5.69 Å². The Kier molecular flexibility index (Phi) is 6.93. The number of rotatable bonds is 8. The molecule has 38 heavy (non-hydrogen) atoms. The van der Waals surface area contributed by atoms with Crippen LogP contribution in [0.1, 0.15) is 68.4 Å². The van der Waals surface area contributed by atoms with E-state index < -0.39 is 0 Å². The molecule has 6 nitrogen and oxygen atoms in total. The van der Waals surface area contributed by atoms with Gasteiger partial charge in [-0.15, -0.1) is 10.2 Å². The summed E-state index contributed by atoms with van der Waals surface area (Å²) in [6.07, 6.45) is 7.08. The van der Waals surface area contributed by atoms with E-state index in [0.29, 0.717) is 10.8 Å². The average molecular weight is 551 g/mol. The van der Waals surface area contributed by atoms with Crippen LogP contribution in [-0.2, 0) is 10.5 Å². The molecule has 1 unspecified atom stereocenters. The van der Waals surface area contributed by atoms with Gasteiger partial charge in [-0.1, -0.05) is 41.6 Å². The zero-order valence-electron chi connectivity index (χ0n) is 22.2. The molecule has 1 heterocycles. The van der Waals surface area contributed by atoms with E-state index in [0.717, 1.165) is 70.6 Å². The molecular weight excluding hydrogens is 516 g/mol. The van der Waals surface area contributed by atoms with Gasteiger partial charge in [-0.05, 0) is 106 Å². The van der Waals surface area contributed by atoms with Crippen molar-refractivity contribution < 1.29 is 9.53 Å². The molecule has 0 aliphatic heterocycles. The zero-order valence-corrected chi connectivity index (χ0v) is 23.8. The Labute approximate surface area is 233 Å². The SMILES string of the molecule is COc1cccc(CSc2nnc(C(C)NC(=O)C34CC5CC(CC(C5)C3)C4)n2-c2cc(Cl)ccc2C)c1. The number of nitrogens with one attached hydrogen (secondary N) is 1. The highest BCUT2D eigenvalue weighted by Gasteiger charge is 2.54. The number of benzene rings is 2. The molecule has 1 amide bonds. The summed E-state index contributed by atoms with van der Waals surface area (Å²) in [6.45, 7) is 4.08. The van der Waals surface area contributed by atoms with Crippen molar-refractivity contribution in [3.63, 3.8) is 0 Å². The fourth-order valence-electron chi connectivity index (χ4n) is 7.42. The number of carbonyl (C=O) groups is 1. The van der Waals surface area contributed by atoms with E-state index in [1.54, 1.807) is 18.9 Å². The Bertz CT molecular complexity index is 1320. The van der Waals surface area contributed by atoms with E-state index in [1.807, 2.05) is 43.3 Å². The first-order valence-electron chi connectivity index (χ1n) is 13.6. The predicted octanol–water partition coefficient (Wildman–Crippen LogP) is 6.92. The van der Waals surface area contributed by atoms with Crippen molar-refractivity contribution in [2.45, 2.75) is 69.3 Å². The number of carbonyl (C=O) groups excluding carboxylic acids is 1. The van der Waals surface area contributed by atoms with Gasteiger partial charge in [0.1, 0.15) is 5.75 Å². The highest BCUT2D eigenvalue weighted by molar-refractivity contribution is 7.98. The summed E-state index contributed by atoms with van der Waals surface area (Å²) in [7, 11) is 1.68. The van der Waals surface area contributed by atoms with Crippen molar-refractivity contribution in [3.8, 4) is 11.4 Å². The van der Waals surface area contributed by atoms with Gasteiger partial charge < -0.3 is 10.1 Å². The Hall–Kier alpha value is -2.51. The zero-order chi connectivity index (χ0) is 26.4. The molecule has 0 spiro atoms. The van der Waals surface area contributed by atoms with Crippen LogP contribution in [0.4, 0.5) is 0 Å². The molecule has 1 atom stereocenters. The first-order chi connectivity index (χ1) is 18.3. The van der Waals surface area contributed by atoms with E-state index in [9.17, 15) is 4.79 Å². The topological polar surface area (TPSA) is 69.0 Å². The minimum Gasteiger partial charge on any atom is -0.497 e. The molecule has 4 aliphatic rings. The summed E-state index contributed by atoms with van der Waals surface area (Å²) in [4.78, 5) is 13.8. The molecule has 3 aromatic rings. The lowest BCUT2D eigenvalue weighted by molar-refractivity contribution is -0.147. The number of thioether (sulfide) groups is 1. The highest BCUT2D eigenvalue weighted by atomic mass is 35.5. The summed E-state index contributed by atoms with van der Waals surface area (Å²) < 4.78 is 7.46. The number of aromatic nitrogens is 3. The standard InChI is InChI=1S/C30H35ClN4O2S/c1-18-7-8-24(31)13-26(18)35-27(33-34-29(35)38-17-20-5-4-6-25(12-20)37-3)19(2)32-28(36)30-14-21-9-22(15-30)11-23(10-21)16-30/h4-8,12-13,19,21-23H,9-11,14-17H2,1-3H3,(H,32,36). The minimum absolute atomic E-state index is 0.201. The average Bonchev–Trinajstić information content (AvgIpc) is 3.32.